The van der Waals surface area contributed by atoms with Crippen LogP contribution in [0.3, 0.4) is 0 Å². The van der Waals surface area contributed by atoms with Crippen molar-refractivity contribution in [2.45, 2.75) is 19.6 Å². The van der Waals surface area contributed by atoms with E-state index in [4.69, 9.17) is 4.42 Å². The number of carbonyl (C=O) groups excluding carboxylic acids is 1. The van der Waals surface area contributed by atoms with Gasteiger partial charge in [0.25, 0.3) is 5.91 Å². The maximum atomic E-state index is 12.6. The van der Waals surface area contributed by atoms with Crippen molar-refractivity contribution >= 4 is 22.4 Å². The van der Waals surface area contributed by atoms with Gasteiger partial charge in [0.2, 0.25) is 5.89 Å². The second-order valence-electron chi connectivity index (χ2n) is 6.20. The highest BCUT2D eigenvalue weighted by Crippen LogP contribution is 2.26. The van der Waals surface area contributed by atoms with E-state index in [0.717, 1.165) is 22.4 Å². The third kappa shape index (κ3) is 4.26. The average Bonchev–Trinajstić information content (AvgIpc) is 3.02. The number of rotatable bonds is 5. The van der Waals surface area contributed by atoms with Gasteiger partial charge < -0.3 is 9.73 Å². The molecule has 0 radical (unpaired) electrons. The summed E-state index contributed by atoms with van der Waals surface area (Å²) in [6.07, 6.45) is 3.24. The number of aromatic nitrogens is 1. The molecule has 0 aliphatic rings. The number of hydrogen-bond acceptors (Lipinski definition) is 4. The van der Waals surface area contributed by atoms with Gasteiger partial charge in [-0.1, -0.05) is 18.2 Å². The summed E-state index contributed by atoms with van der Waals surface area (Å²) in [7, 11) is -0.950. The fourth-order valence-electron chi connectivity index (χ4n) is 2.65. The minimum absolute atomic E-state index is 0.216. The fourth-order valence-corrected chi connectivity index (χ4v) is 3.30. The topological polar surface area (TPSA) is 72.2 Å². The third-order valence-electron chi connectivity index (χ3n) is 3.90. The minimum atomic E-state index is -0.950. The predicted molar refractivity (Wildman–Crippen MR) is 104 cm³/mol. The van der Waals surface area contributed by atoms with Crippen molar-refractivity contribution in [1.29, 1.82) is 0 Å². The summed E-state index contributed by atoms with van der Waals surface area (Å²) in [6.45, 7) is 3.83. The molecule has 3 aromatic rings. The Morgan fingerprint density at radius 1 is 1.19 bits per heavy atom. The summed E-state index contributed by atoms with van der Waals surface area (Å²) >= 11 is 0. The van der Waals surface area contributed by atoms with Gasteiger partial charge in [0.05, 0.1) is 5.69 Å². The van der Waals surface area contributed by atoms with Crippen LogP contribution < -0.4 is 5.32 Å². The van der Waals surface area contributed by atoms with E-state index in [9.17, 15) is 9.00 Å². The van der Waals surface area contributed by atoms with Gasteiger partial charge in [-0.05, 0) is 49.2 Å². The maximum absolute atomic E-state index is 12.6. The molecule has 1 heterocycles. The molecule has 0 spiro atoms. The number of aryl methyl sites for hydroxylation is 2. The number of anilines is 1. The molecule has 0 bridgehead atoms. The Balaban J connectivity index is 1.83. The van der Waals surface area contributed by atoms with Crippen LogP contribution in [0.15, 0.2) is 53.1 Å². The van der Waals surface area contributed by atoms with Crippen molar-refractivity contribution in [2.24, 2.45) is 0 Å². The zero-order valence-electron chi connectivity index (χ0n) is 14.9. The zero-order valence-corrected chi connectivity index (χ0v) is 15.7. The molecule has 1 atom stereocenters. The minimum Gasteiger partial charge on any atom is -0.444 e. The van der Waals surface area contributed by atoms with E-state index in [1.807, 2.05) is 38.1 Å². The van der Waals surface area contributed by atoms with Crippen LogP contribution in [0, 0.1) is 13.8 Å². The van der Waals surface area contributed by atoms with E-state index >= 15 is 0 Å². The number of nitrogens with zero attached hydrogens (tertiary/aromatic N) is 1. The first-order chi connectivity index (χ1) is 12.4. The molecule has 0 aliphatic heterocycles. The Morgan fingerprint density at radius 2 is 2.00 bits per heavy atom. The van der Waals surface area contributed by atoms with Crippen LogP contribution in [-0.2, 0) is 16.6 Å². The van der Waals surface area contributed by atoms with Gasteiger partial charge in [-0.3, -0.25) is 9.00 Å². The molecule has 134 valence electrons. The Bertz CT molecular complexity index is 979. The van der Waals surface area contributed by atoms with Gasteiger partial charge in [-0.15, -0.1) is 0 Å². The molecule has 1 aromatic heterocycles. The number of nitrogens with one attached hydrogen (secondary N) is 1. The van der Waals surface area contributed by atoms with Crippen molar-refractivity contribution in [3.8, 4) is 11.5 Å². The molecule has 3 rings (SSSR count). The smallest absolute Gasteiger partial charge is 0.255 e. The molecule has 5 nitrogen and oxygen atoms in total. The summed E-state index contributed by atoms with van der Waals surface area (Å²) in [5.74, 6) is 0.745. The highest BCUT2D eigenvalue weighted by Gasteiger charge is 2.12. The molecule has 0 saturated heterocycles. The highest BCUT2D eigenvalue weighted by molar-refractivity contribution is 7.83. The van der Waals surface area contributed by atoms with E-state index in [0.29, 0.717) is 22.9 Å². The summed E-state index contributed by atoms with van der Waals surface area (Å²) in [5.41, 5.74) is 4.72. The first-order valence-corrected chi connectivity index (χ1v) is 9.88. The Morgan fingerprint density at radius 3 is 2.69 bits per heavy atom. The lowest BCUT2D eigenvalue weighted by Gasteiger charge is -2.09. The van der Waals surface area contributed by atoms with E-state index in [-0.39, 0.29) is 5.91 Å². The van der Waals surface area contributed by atoms with Crippen LogP contribution in [0.1, 0.15) is 27.2 Å². The van der Waals surface area contributed by atoms with Crippen molar-refractivity contribution < 1.29 is 13.4 Å². The molecule has 1 N–H and O–H groups in total. The van der Waals surface area contributed by atoms with Crippen molar-refractivity contribution in [2.75, 3.05) is 11.6 Å². The van der Waals surface area contributed by atoms with Crippen LogP contribution in [0.4, 0.5) is 5.69 Å². The Labute approximate surface area is 154 Å². The molecule has 0 saturated carbocycles. The normalized spacial score (nSPS) is 12.0. The number of carbonyl (C=O) groups is 1. The van der Waals surface area contributed by atoms with Gasteiger partial charge in [-0.25, -0.2) is 4.98 Å². The van der Waals surface area contributed by atoms with Gasteiger partial charge >= 0.3 is 0 Å². The van der Waals surface area contributed by atoms with Crippen LogP contribution in [0.25, 0.3) is 11.5 Å². The molecular formula is C20H20N2O3S. The lowest BCUT2D eigenvalue weighted by molar-refractivity contribution is 0.102. The molecule has 0 unspecified atom stereocenters. The molecule has 1 amide bonds. The Hall–Kier alpha value is -2.73. The summed E-state index contributed by atoms with van der Waals surface area (Å²) in [5, 5.41) is 2.90. The average molecular weight is 368 g/mol. The zero-order chi connectivity index (χ0) is 18.7. The molecule has 6 heteroatoms. The van der Waals surface area contributed by atoms with Gasteiger partial charge in [-0.2, -0.15) is 0 Å². The third-order valence-corrected chi connectivity index (χ3v) is 4.64. The SMILES string of the molecule is Cc1coc(-c2cc(NC(=O)c3cccc(C[S@@](C)=O)c3)ccc2C)n1. The quantitative estimate of drug-likeness (QED) is 0.736. The van der Waals surface area contributed by atoms with E-state index in [2.05, 4.69) is 10.3 Å². The van der Waals surface area contributed by atoms with Crippen molar-refractivity contribution in [3.05, 3.63) is 71.1 Å². The first-order valence-electron chi connectivity index (χ1n) is 8.16. The highest BCUT2D eigenvalue weighted by atomic mass is 32.2. The van der Waals surface area contributed by atoms with Gasteiger partial charge in [0.15, 0.2) is 0 Å². The fraction of sp³-hybridized carbons (Fsp3) is 0.200. The first kappa shape index (κ1) is 18.1. The monoisotopic (exact) mass is 368 g/mol. The largest absolute Gasteiger partial charge is 0.444 e. The van der Waals surface area contributed by atoms with Crippen molar-refractivity contribution in [3.63, 3.8) is 0 Å². The standard InChI is InChI=1S/C20H20N2O3S/c1-13-7-8-17(10-18(13)20-21-14(2)11-25-20)22-19(23)16-6-4-5-15(9-16)12-26(3)24/h4-11H,12H2,1-3H3,(H,22,23)/t26-/m1/s1. The lowest BCUT2D eigenvalue weighted by Crippen LogP contribution is -2.12. The number of amides is 1. The van der Waals surface area contributed by atoms with Gasteiger partial charge in [0, 0.05) is 39.6 Å². The van der Waals surface area contributed by atoms with Crippen LogP contribution in [0.2, 0.25) is 0 Å². The number of oxazole rings is 1. The Kier molecular flexibility index (Phi) is 5.32. The van der Waals surface area contributed by atoms with E-state index in [1.54, 1.807) is 30.7 Å². The van der Waals surface area contributed by atoms with Crippen LogP contribution in [0.5, 0.6) is 0 Å². The van der Waals surface area contributed by atoms with Crippen molar-refractivity contribution in [1.82, 2.24) is 4.98 Å². The number of hydrogen-bond donors (Lipinski definition) is 1. The lowest BCUT2D eigenvalue weighted by atomic mass is 10.1. The number of benzene rings is 2. The van der Waals surface area contributed by atoms with E-state index < -0.39 is 10.8 Å². The molecule has 26 heavy (non-hydrogen) atoms. The van der Waals surface area contributed by atoms with Crippen LogP contribution >= 0.6 is 0 Å². The molecular weight excluding hydrogens is 348 g/mol. The van der Waals surface area contributed by atoms with Crippen LogP contribution in [-0.4, -0.2) is 21.4 Å². The second-order valence-corrected chi connectivity index (χ2v) is 7.63. The summed E-state index contributed by atoms with van der Waals surface area (Å²) in [4.78, 5) is 16.9. The molecule has 0 aliphatic carbocycles. The maximum Gasteiger partial charge on any atom is 0.255 e. The van der Waals surface area contributed by atoms with Gasteiger partial charge in [0.1, 0.15) is 6.26 Å². The van der Waals surface area contributed by atoms with E-state index in [1.165, 1.54) is 0 Å². The second kappa shape index (κ2) is 7.66. The predicted octanol–water partition coefficient (Wildman–Crippen LogP) is 4.09. The molecule has 0 fully saturated rings. The summed E-state index contributed by atoms with van der Waals surface area (Å²) < 4.78 is 16.9. The summed E-state index contributed by atoms with van der Waals surface area (Å²) in [6, 6.07) is 12.8. The molecule has 2 aromatic carbocycles.